The van der Waals surface area contributed by atoms with Crippen LogP contribution in [0.15, 0.2) is 30.3 Å². The third kappa shape index (κ3) is 3.74. The van der Waals surface area contributed by atoms with Crippen molar-refractivity contribution in [3.8, 4) is 0 Å². The van der Waals surface area contributed by atoms with Gasteiger partial charge in [0.05, 0.1) is 21.3 Å². The Morgan fingerprint density at radius 1 is 1.05 bits per heavy atom. The lowest BCUT2D eigenvalue weighted by molar-refractivity contribution is 0.0473. The molecule has 0 spiro atoms. The highest BCUT2D eigenvalue weighted by Crippen LogP contribution is 2.30. The van der Waals surface area contributed by atoms with Gasteiger partial charge in [-0.3, -0.25) is 0 Å². The van der Waals surface area contributed by atoms with Crippen molar-refractivity contribution in [2.24, 2.45) is 0 Å². The minimum atomic E-state index is -0.601. The minimum Gasteiger partial charge on any atom is -0.457 e. The van der Waals surface area contributed by atoms with E-state index in [1.54, 1.807) is 18.2 Å². The number of nitrogen functional groups attached to an aromatic ring is 1. The lowest BCUT2D eigenvalue weighted by atomic mass is 10.2. The Labute approximate surface area is 141 Å². The van der Waals surface area contributed by atoms with Crippen LogP contribution in [0.2, 0.25) is 20.1 Å². The number of carbonyl (C=O) groups is 1. The monoisotopic (exact) mass is 363 g/mol. The summed E-state index contributed by atoms with van der Waals surface area (Å²) in [6.07, 6.45) is 0. The van der Waals surface area contributed by atoms with Crippen molar-refractivity contribution in [1.82, 2.24) is 0 Å². The molecule has 0 aliphatic heterocycles. The lowest BCUT2D eigenvalue weighted by Crippen LogP contribution is -2.07. The minimum absolute atomic E-state index is 0.0580. The van der Waals surface area contributed by atoms with Crippen molar-refractivity contribution in [3.05, 3.63) is 61.5 Å². The van der Waals surface area contributed by atoms with E-state index >= 15 is 0 Å². The first-order chi connectivity index (χ1) is 9.90. The van der Waals surface area contributed by atoms with E-state index in [1.165, 1.54) is 12.1 Å². The van der Waals surface area contributed by atoms with E-state index in [0.717, 1.165) is 0 Å². The molecule has 0 unspecified atom stereocenters. The van der Waals surface area contributed by atoms with Crippen molar-refractivity contribution >= 4 is 58.1 Å². The summed E-state index contributed by atoms with van der Waals surface area (Å²) in [4.78, 5) is 12.0. The van der Waals surface area contributed by atoms with Crippen molar-refractivity contribution in [3.63, 3.8) is 0 Å². The molecular weight excluding hydrogens is 356 g/mol. The normalized spacial score (nSPS) is 10.5. The third-order valence-electron chi connectivity index (χ3n) is 2.70. The molecule has 0 fully saturated rings. The molecule has 0 bridgehead atoms. The molecule has 0 amide bonds. The maximum absolute atomic E-state index is 12.0. The number of anilines is 1. The summed E-state index contributed by atoms with van der Waals surface area (Å²) in [6.45, 7) is -0.0580. The number of halogens is 4. The lowest BCUT2D eigenvalue weighted by Gasteiger charge is -2.09. The smallest absolute Gasteiger partial charge is 0.338 e. The molecule has 0 saturated heterocycles. The summed E-state index contributed by atoms with van der Waals surface area (Å²) in [6, 6.07) is 7.80. The molecule has 2 rings (SSSR count). The number of carbonyl (C=O) groups excluding carboxylic acids is 1. The van der Waals surface area contributed by atoms with Crippen LogP contribution in [0.25, 0.3) is 0 Å². The van der Waals surface area contributed by atoms with Gasteiger partial charge in [-0.05, 0) is 24.3 Å². The fraction of sp³-hybridized carbons (Fsp3) is 0.0714. The van der Waals surface area contributed by atoms with Gasteiger partial charge in [0.15, 0.2) is 0 Å². The highest BCUT2D eigenvalue weighted by molar-refractivity contribution is 6.43. The molecule has 0 aliphatic rings. The molecular formula is C14H9Cl4NO2. The zero-order valence-electron chi connectivity index (χ0n) is 10.5. The second-order valence-corrected chi connectivity index (χ2v) is 5.74. The van der Waals surface area contributed by atoms with E-state index in [4.69, 9.17) is 56.9 Å². The topological polar surface area (TPSA) is 52.3 Å². The van der Waals surface area contributed by atoms with Crippen LogP contribution in [-0.4, -0.2) is 5.97 Å². The predicted molar refractivity (Wildman–Crippen MR) is 86.5 cm³/mol. The van der Waals surface area contributed by atoms with Crippen molar-refractivity contribution in [2.45, 2.75) is 6.61 Å². The highest BCUT2D eigenvalue weighted by atomic mass is 35.5. The van der Waals surface area contributed by atoms with Crippen LogP contribution in [0.4, 0.5) is 5.69 Å². The van der Waals surface area contributed by atoms with Gasteiger partial charge in [0, 0.05) is 15.6 Å². The predicted octanol–water partition coefficient (Wildman–Crippen LogP) is 5.24. The van der Waals surface area contributed by atoms with Gasteiger partial charge >= 0.3 is 5.97 Å². The van der Waals surface area contributed by atoms with Gasteiger partial charge in [0.1, 0.15) is 6.61 Å². The summed E-state index contributed by atoms with van der Waals surface area (Å²) in [5.74, 6) is -0.601. The van der Waals surface area contributed by atoms with Gasteiger partial charge in [0.2, 0.25) is 0 Å². The molecule has 2 aromatic rings. The first-order valence-corrected chi connectivity index (χ1v) is 7.26. The molecule has 0 heterocycles. The Morgan fingerprint density at radius 2 is 1.67 bits per heavy atom. The fourth-order valence-corrected chi connectivity index (χ4v) is 2.46. The Bertz CT molecular complexity index is 660. The van der Waals surface area contributed by atoms with Crippen LogP contribution in [0.1, 0.15) is 15.9 Å². The number of hydrogen-bond donors (Lipinski definition) is 1. The molecule has 0 saturated carbocycles. The zero-order valence-corrected chi connectivity index (χ0v) is 13.5. The standard InChI is InChI=1S/C14H9Cl4NO2/c15-9-2-1-3-10(16)8(9)6-21-14(20)7-4-11(17)13(18)12(19)5-7/h1-5H,6,19H2. The second-order valence-electron chi connectivity index (χ2n) is 4.14. The van der Waals surface area contributed by atoms with Gasteiger partial charge in [-0.1, -0.05) is 52.5 Å². The first kappa shape index (κ1) is 16.2. The fourth-order valence-electron chi connectivity index (χ4n) is 1.62. The van der Waals surface area contributed by atoms with E-state index in [2.05, 4.69) is 0 Å². The summed E-state index contributed by atoms with van der Waals surface area (Å²) in [7, 11) is 0. The summed E-state index contributed by atoms with van der Waals surface area (Å²) >= 11 is 23.7. The maximum Gasteiger partial charge on any atom is 0.338 e. The number of nitrogens with two attached hydrogens (primary N) is 1. The molecule has 3 nitrogen and oxygen atoms in total. The van der Waals surface area contributed by atoms with Gasteiger partial charge in [-0.25, -0.2) is 4.79 Å². The summed E-state index contributed by atoms with van der Waals surface area (Å²) in [5.41, 5.74) is 6.58. The molecule has 0 radical (unpaired) electrons. The largest absolute Gasteiger partial charge is 0.457 e. The van der Waals surface area contributed by atoms with E-state index in [9.17, 15) is 4.79 Å². The van der Waals surface area contributed by atoms with Crippen LogP contribution >= 0.6 is 46.4 Å². The second kappa shape index (κ2) is 6.75. The van der Waals surface area contributed by atoms with Gasteiger partial charge < -0.3 is 10.5 Å². The Morgan fingerprint density at radius 3 is 2.24 bits per heavy atom. The maximum atomic E-state index is 12.0. The summed E-state index contributed by atoms with van der Waals surface area (Å²) in [5, 5.41) is 1.22. The van der Waals surface area contributed by atoms with Crippen molar-refractivity contribution in [2.75, 3.05) is 5.73 Å². The van der Waals surface area contributed by atoms with Crippen molar-refractivity contribution < 1.29 is 9.53 Å². The van der Waals surface area contributed by atoms with Gasteiger partial charge in [-0.2, -0.15) is 0 Å². The quantitative estimate of drug-likeness (QED) is 0.598. The van der Waals surface area contributed by atoms with Crippen LogP contribution in [0.5, 0.6) is 0 Å². The Balaban J connectivity index is 2.16. The van der Waals surface area contributed by atoms with E-state index in [1.807, 2.05) is 0 Å². The number of rotatable bonds is 3. The molecule has 0 atom stereocenters. The number of ether oxygens (including phenoxy) is 1. The average Bonchev–Trinajstić information content (AvgIpc) is 2.43. The van der Waals surface area contributed by atoms with Crippen LogP contribution in [-0.2, 0) is 11.3 Å². The molecule has 110 valence electrons. The zero-order chi connectivity index (χ0) is 15.6. The first-order valence-electron chi connectivity index (χ1n) is 5.74. The molecule has 2 aromatic carbocycles. The van der Waals surface area contributed by atoms with Crippen molar-refractivity contribution in [1.29, 1.82) is 0 Å². The molecule has 21 heavy (non-hydrogen) atoms. The van der Waals surface area contributed by atoms with Crippen LogP contribution in [0.3, 0.4) is 0 Å². The highest BCUT2D eigenvalue weighted by Gasteiger charge is 2.14. The Kier molecular flexibility index (Phi) is 5.22. The molecule has 2 N–H and O–H groups in total. The Hall–Kier alpha value is -1.13. The van der Waals surface area contributed by atoms with E-state index < -0.39 is 5.97 Å². The van der Waals surface area contributed by atoms with Gasteiger partial charge in [-0.15, -0.1) is 0 Å². The van der Waals surface area contributed by atoms with E-state index in [0.29, 0.717) is 15.6 Å². The number of hydrogen-bond acceptors (Lipinski definition) is 3. The van der Waals surface area contributed by atoms with Crippen LogP contribution in [0, 0.1) is 0 Å². The number of esters is 1. The van der Waals surface area contributed by atoms with Crippen LogP contribution < -0.4 is 5.73 Å². The third-order valence-corrected chi connectivity index (χ3v) is 4.23. The molecule has 0 aliphatic carbocycles. The molecule has 0 aromatic heterocycles. The molecule has 7 heteroatoms. The van der Waals surface area contributed by atoms with E-state index in [-0.39, 0.29) is 27.9 Å². The SMILES string of the molecule is Nc1cc(C(=O)OCc2c(Cl)cccc2Cl)cc(Cl)c1Cl. The summed E-state index contributed by atoms with van der Waals surface area (Å²) < 4.78 is 5.16. The number of benzene rings is 2. The average molecular weight is 365 g/mol. The van der Waals surface area contributed by atoms with Gasteiger partial charge in [0.25, 0.3) is 0 Å².